The number of nitrogens with zero attached hydrogens (tertiary/aromatic N) is 2. The normalized spacial score (nSPS) is 11.7. The minimum atomic E-state index is -3.77. The molecule has 0 aliphatic heterocycles. The Kier molecular flexibility index (Phi) is 7.12. The Hall–Kier alpha value is -3.01. The van der Waals surface area contributed by atoms with Crippen molar-refractivity contribution in [3.8, 4) is 11.4 Å². The van der Waals surface area contributed by atoms with Gasteiger partial charge in [-0.25, -0.2) is 17.9 Å². The molecule has 1 heterocycles. The number of halogens is 1. The molecule has 170 valence electrons. The number of hydrogen-bond donors (Lipinski definition) is 1. The maximum atomic E-state index is 13.6. The van der Waals surface area contributed by atoms with E-state index in [0.29, 0.717) is 12.1 Å². The first-order chi connectivity index (χ1) is 15.1. The van der Waals surface area contributed by atoms with Crippen molar-refractivity contribution >= 4 is 15.8 Å². The second-order valence-corrected chi connectivity index (χ2v) is 9.16. The van der Waals surface area contributed by atoms with Crippen molar-refractivity contribution in [1.82, 2.24) is 9.47 Å². The van der Waals surface area contributed by atoms with E-state index in [1.54, 1.807) is 37.4 Å². The molecule has 0 bridgehead atoms. The first-order valence-electron chi connectivity index (χ1n) is 9.99. The quantitative estimate of drug-likeness (QED) is 0.496. The molecule has 0 aliphatic rings. The van der Waals surface area contributed by atoms with Gasteiger partial charge in [0.1, 0.15) is 6.61 Å². The zero-order chi connectivity index (χ0) is 23.5. The molecule has 9 heteroatoms. The molecule has 3 aromatic rings. The van der Waals surface area contributed by atoms with Crippen LogP contribution in [0.15, 0.2) is 59.5 Å². The fraction of sp³-hybridized carbons (Fsp3) is 0.261. The van der Waals surface area contributed by atoms with Crippen LogP contribution in [-0.2, 0) is 10.0 Å². The highest BCUT2D eigenvalue weighted by molar-refractivity contribution is 7.89. The van der Waals surface area contributed by atoms with Gasteiger partial charge in [-0.2, -0.15) is 0 Å². The van der Waals surface area contributed by atoms with Crippen LogP contribution in [0.2, 0.25) is 0 Å². The van der Waals surface area contributed by atoms with E-state index in [0.717, 1.165) is 17.1 Å². The van der Waals surface area contributed by atoms with E-state index in [2.05, 4.69) is 0 Å². The number of primary sulfonamides is 1. The SMILES string of the molecule is Cc1cc(C(=O)CN(C)CCOc2ccccc2F)c(C)n1-c1ccc(S(N)(=O)=O)cc1. The van der Waals surface area contributed by atoms with Gasteiger partial charge in [-0.15, -0.1) is 0 Å². The molecule has 0 radical (unpaired) electrons. The standard InChI is InChI=1S/C23H26FN3O4S/c1-16-14-20(17(2)27(16)18-8-10-19(11-9-18)32(25,29)30)22(28)15-26(3)12-13-31-23-7-5-4-6-21(23)24/h4-11,14H,12-13,15H2,1-3H3,(H2,25,29,30). The largest absolute Gasteiger partial charge is 0.489 e. The third kappa shape index (κ3) is 5.42. The molecule has 0 spiro atoms. The van der Waals surface area contributed by atoms with Crippen LogP contribution in [0.1, 0.15) is 21.7 Å². The number of nitrogens with two attached hydrogens (primary N) is 1. The van der Waals surface area contributed by atoms with Gasteiger partial charge in [-0.05, 0) is 63.4 Å². The molecule has 0 atom stereocenters. The van der Waals surface area contributed by atoms with E-state index in [1.165, 1.54) is 18.2 Å². The number of ether oxygens (including phenoxy) is 1. The Morgan fingerprint density at radius 2 is 1.78 bits per heavy atom. The number of carbonyl (C=O) groups excluding carboxylic acids is 1. The smallest absolute Gasteiger partial charge is 0.238 e. The van der Waals surface area contributed by atoms with Crippen LogP contribution in [0.25, 0.3) is 5.69 Å². The van der Waals surface area contributed by atoms with Crippen molar-refractivity contribution in [2.45, 2.75) is 18.7 Å². The molecule has 7 nitrogen and oxygen atoms in total. The summed E-state index contributed by atoms with van der Waals surface area (Å²) in [7, 11) is -1.97. The summed E-state index contributed by atoms with van der Waals surface area (Å²) in [4.78, 5) is 14.7. The molecule has 32 heavy (non-hydrogen) atoms. The van der Waals surface area contributed by atoms with E-state index in [9.17, 15) is 17.6 Å². The van der Waals surface area contributed by atoms with Gasteiger partial charge in [0.15, 0.2) is 17.3 Å². The second-order valence-electron chi connectivity index (χ2n) is 7.60. The number of carbonyl (C=O) groups is 1. The van der Waals surface area contributed by atoms with E-state index in [1.807, 2.05) is 29.4 Å². The molecular weight excluding hydrogens is 433 g/mol. The van der Waals surface area contributed by atoms with Crippen molar-refractivity contribution in [2.75, 3.05) is 26.7 Å². The summed E-state index contributed by atoms with van der Waals surface area (Å²) < 4.78 is 43.9. The van der Waals surface area contributed by atoms with Crippen LogP contribution in [0.4, 0.5) is 4.39 Å². The maximum Gasteiger partial charge on any atom is 0.238 e. The number of rotatable bonds is 9. The van der Waals surface area contributed by atoms with Crippen LogP contribution >= 0.6 is 0 Å². The molecule has 0 fully saturated rings. The highest BCUT2D eigenvalue weighted by Gasteiger charge is 2.18. The number of benzene rings is 2. The fourth-order valence-electron chi connectivity index (χ4n) is 3.51. The Morgan fingerprint density at radius 3 is 2.41 bits per heavy atom. The summed E-state index contributed by atoms with van der Waals surface area (Å²) in [6.07, 6.45) is 0. The van der Waals surface area contributed by atoms with Crippen molar-refractivity contribution < 1.29 is 22.3 Å². The van der Waals surface area contributed by atoms with Crippen LogP contribution in [0.3, 0.4) is 0 Å². The van der Waals surface area contributed by atoms with Gasteiger partial charge in [-0.1, -0.05) is 12.1 Å². The number of para-hydroxylation sites is 1. The Labute approximate surface area is 187 Å². The lowest BCUT2D eigenvalue weighted by Crippen LogP contribution is -2.30. The van der Waals surface area contributed by atoms with Gasteiger partial charge >= 0.3 is 0 Å². The summed E-state index contributed by atoms with van der Waals surface area (Å²) in [5.74, 6) is -0.293. The van der Waals surface area contributed by atoms with Crippen LogP contribution in [-0.4, -0.2) is 50.4 Å². The zero-order valence-corrected chi connectivity index (χ0v) is 19.0. The summed E-state index contributed by atoms with van der Waals surface area (Å²) in [5, 5.41) is 5.16. The van der Waals surface area contributed by atoms with Crippen LogP contribution in [0.5, 0.6) is 5.75 Å². The first kappa shape index (κ1) is 23.6. The van der Waals surface area contributed by atoms with E-state index >= 15 is 0 Å². The molecular formula is C23H26FN3O4S. The summed E-state index contributed by atoms with van der Waals surface area (Å²) in [6.45, 7) is 4.60. The minimum absolute atomic E-state index is 0.0271. The third-order valence-electron chi connectivity index (χ3n) is 5.14. The zero-order valence-electron chi connectivity index (χ0n) is 18.2. The molecule has 0 amide bonds. The van der Waals surface area contributed by atoms with E-state index in [-0.39, 0.29) is 29.6 Å². The Balaban J connectivity index is 1.66. The topological polar surface area (TPSA) is 94.6 Å². The fourth-order valence-corrected chi connectivity index (χ4v) is 4.03. The number of ketones is 1. The maximum absolute atomic E-state index is 13.6. The van der Waals surface area contributed by atoms with E-state index < -0.39 is 15.8 Å². The van der Waals surface area contributed by atoms with E-state index in [4.69, 9.17) is 9.88 Å². The average Bonchev–Trinajstić information content (AvgIpc) is 3.03. The average molecular weight is 460 g/mol. The Morgan fingerprint density at radius 1 is 1.12 bits per heavy atom. The predicted molar refractivity (Wildman–Crippen MR) is 120 cm³/mol. The number of Topliss-reactive ketones (excluding diaryl/α,β-unsaturated/α-hetero) is 1. The second kappa shape index (κ2) is 9.64. The Bertz CT molecular complexity index is 1220. The molecule has 0 saturated carbocycles. The highest BCUT2D eigenvalue weighted by atomic mass is 32.2. The number of sulfonamides is 1. The third-order valence-corrected chi connectivity index (χ3v) is 6.06. The van der Waals surface area contributed by atoms with Gasteiger partial charge in [0.05, 0.1) is 11.4 Å². The van der Waals surface area contributed by atoms with Gasteiger partial charge < -0.3 is 9.30 Å². The van der Waals surface area contributed by atoms with Crippen molar-refractivity contribution in [1.29, 1.82) is 0 Å². The van der Waals surface area contributed by atoms with Crippen LogP contribution < -0.4 is 9.88 Å². The van der Waals surface area contributed by atoms with Gasteiger partial charge in [0, 0.05) is 29.2 Å². The number of aromatic nitrogens is 1. The lowest BCUT2D eigenvalue weighted by Gasteiger charge is -2.16. The molecule has 0 aliphatic carbocycles. The number of aryl methyl sites for hydroxylation is 1. The monoisotopic (exact) mass is 459 g/mol. The highest BCUT2D eigenvalue weighted by Crippen LogP contribution is 2.22. The van der Waals surface area contributed by atoms with Gasteiger partial charge in [0.2, 0.25) is 10.0 Å². The van der Waals surface area contributed by atoms with Crippen molar-refractivity contribution in [3.63, 3.8) is 0 Å². The van der Waals surface area contributed by atoms with Gasteiger partial charge in [0.25, 0.3) is 0 Å². The number of hydrogen-bond acceptors (Lipinski definition) is 5. The van der Waals surface area contributed by atoms with Gasteiger partial charge in [-0.3, -0.25) is 9.69 Å². The minimum Gasteiger partial charge on any atom is -0.489 e. The molecule has 0 saturated heterocycles. The van der Waals surface area contributed by atoms with Crippen molar-refractivity contribution in [3.05, 3.63) is 77.4 Å². The van der Waals surface area contributed by atoms with Crippen LogP contribution in [0, 0.1) is 19.7 Å². The lowest BCUT2D eigenvalue weighted by molar-refractivity contribution is 0.0937. The summed E-state index contributed by atoms with van der Waals surface area (Å²) >= 11 is 0. The molecule has 2 aromatic carbocycles. The van der Waals surface area contributed by atoms with Crippen molar-refractivity contribution in [2.24, 2.45) is 5.14 Å². The molecule has 1 aromatic heterocycles. The molecule has 3 rings (SSSR count). The number of likely N-dealkylation sites (N-methyl/N-ethyl adjacent to an activating group) is 1. The summed E-state index contributed by atoms with van der Waals surface area (Å²) in [5.41, 5.74) is 2.92. The first-order valence-corrected chi connectivity index (χ1v) is 11.5. The molecule has 0 unspecified atom stereocenters. The predicted octanol–water partition coefficient (Wildman–Crippen LogP) is 3.07. The molecule has 2 N–H and O–H groups in total. The summed E-state index contributed by atoms with van der Waals surface area (Å²) in [6, 6.07) is 14.2. The lowest BCUT2D eigenvalue weighted by atomic mass is 10.1.